The Bertz CT molecular complexity index is 692. The highest BCUT2D eigenvalue weighted by atomic mass is 32.1. The van der Waals surface area contributed by atoms with Gasteiger partial charge in [0, 0.05) is 23.9 Å². The van der Waals surface area contributed by atoms with Crippen molar-refractivity contribution in [3.63, 3.8) is 0 Å². The molecule has 21 heavy (non-hydrogen) atoms. The maximum Gasteiger partial charge on any atom is 0.324 e. The third-order valence-corrected chi connectivity index (χ3v) is 3.02. The van der Waals surface area contributed by atoms with Crippen molar-refractivity contribution in [3.05, 3.63) is 35.5 Å². The van der Waals surface area contributed by atoms with Crippen LogP contribution in [0, 0.1) is 5.95 Å². The summed E-state index contributed by atoms with van der Waals surface area (Å²) in [5, 5.41) is 13.5. The highest BCUT2D eigenvalue weighted by molar-refractivity contribution is 7.10. The first-order valence-corrected chi connectivity index (χ1v) is 6.25. The zero-order valence-electron chi connectivity index (χ0n) is 11.2. The van der Waals surface area contributed by atoms with Crippen molar-refractivity contribution in [1.29, 1.82) is 0 Å². The summed E-state index contributed by atoms with van der Waals surface area (Å²) in [5.41, 5.74) is -0.624. The topological polar surface area (TPSA) is 87.1 Å². The summed E-state index contributed by atoms with van der Waals surface area (Å²) in [5.74, 6) is -0.860. The highest BCUT2D eigenvalue weighted by Crippen LogP contribution is 2.24. The van der Waals surface area contributed by atoms with Gasteiger partial charge in [0.05, 0.1) is 12.3 Å². The number of anilines is 2. The Morgan fingerprint density at radius 3 is 2.86 bits per heavy atom. The largest absolute Gasteiger partial charge is 0.392 e. The number of halogens is 3. The molecular weight excluding hydrogens is 309 g/mol. The molecule has 0 saturated carbocycles. The van der Waals surface area contributed by atoms with Crippen molar-refractivity contribution in [1.82, 2.24) is 9.36 Å². The SMILES string of the molecule is [2H]C(F)(F)c1cc(NC(=O)Nc2cc(F)ncc2CO)sn1. The van der Waals surface area contributed by atoms with E-state index in [0.29, 0.717) is 11.5 Å². The monoisotopic (exact) mass is 319 g/mol. The van der Waals surface area contributed by atoms with Crippen molar-refractivity contribution in [2.75, 3.05) is 10.6 Å². The minimum atomic E-state index is -3.86. The van der Waals surface area contributed by atoms with Crippen LogP contribution in [0.2, 0.25) is 0 Å². The summed E-state index contributed by atoms with van der Waals surface area (Å²) in [6.07, 6.45) is -2.80. The van der Waals surface area contributed by atoms with Crippen molar-refractivity contribution < 1.29 is 24.4 Å². The van der Waals surface area contributed by atoms with Crippen molar-refractivity contribution in [3.8, 4) is 0 Å². The Morgan fingerprint density at radius 1 is 1.48 bits per heavy atom. The predicted molar refractivity (Wildman–Crippen MR) is 69.8 cm³/mol. The minimum absolute atomic E-state index is 0.0111. The molecule has 2 amide bonds. The number of amides is 2. The molecule has 0 unspecified atom stereocenters. The van der Waals surface area contributed by atoms with E-state index in [1.807, 2.05) is 0 Å². The maximum absolute atomic E-state index is 13.0. The number of carbonyl (C=O) groups excluding carboxylic acids is 1. The molecule has 0 spiro atoms. The molecule has 0 aliphatic carbocycles. The fourth-order valence-electron chi connectivity index (χ4n) is 1.39. The molecule has 0 aliphatic heterocycles. The number of aliphatic hydroxyl groups is 1. The van der Waals surface area contributed by atoms with Crippen LogP contribution in [0.5, 0.6) is 0 Å². The third-order valence-electron chi connectivity index (χ3n) is 2.31. The van der Waals surface area contributed by atoms with E-state index >= 15 is 0 Å². The average molecular weight is 319 g/mol. The van der Waals surface area contributed by atoms with E-state index in [1.165, 1.54) is 0 Å². The fraction of sp³-hybridized carbons (Fsp3) is 0.182. The summed E-state index contributed by atoms with van der Waals surface area (Å²) in [7, 11) is 0. The Morgan fingerprint density at radius 2 is 2.24 bits per heavy atom. The van der Waals surface area contributed by atoms with Gasteiger partial charge in [0.1, 0.15) is 12.1 Å². The molecule has 0 aromatic carbocycles. The van der Waals surface area contributed by atoms with Crippen molar-refractivity contribution >= 4 is 28.3 Å². The van der Waals surface area contributed by atoms with E-state index in [9.17, 15) is 18.0 Å². The van der Waals surface area contributed by atoms with E-state index in [4.69, 9.17) is 6.48 Å². The van der Waals surface area contributed by atoms with Crippen LogP contribution < -0.4 is 10.6 Å². The molecule has 0 bridgehead atoms. The van der Waals surface area contributed by atoms with Crippen molar-refractivity contribution in [2.45, 2.75) is 13.0 Å². The zero-order valence-corrected chi connectivity index (χ0v) is 11.0. The number of aromatic nitrogens is 2. The van der Waals surface area contributed by atoms with Crippen LogP contribution in [0.3, 0.4) is 0 Å². The minimum Gasteiger partial charge on any atom is -0.392 e. The van der Waals surface area contributed by atoms with Crippen molar-refractivity contribution in [2.24, 2.45) is 0 Å². The number of hydrogen-bond donors (Lipinski definition) is 3. The smallest absolute Gasteiger partial charge is 0.324 e. The van der Waals surface area contributed by atoms with Gasteiger partial charge < -0.3 is 10.4 Å². The van der Waals surface area contributed by atoms with Gasteiger partial charge in [-0.3, -0.25) is 5.32 Å². The first-order chi connectivity index (χ1) is 10.3. The summed E-state index contributed by atoms with van der Waals surface area (Å²) < 4.78 is 48.3. The van der Waals surface area contributed by atoms with Gasteiger partial charge in [-0.15, -0.1) is 0 Å². The lowest BCUT2D eigenvalue weighted by atomic mass is 10.2. The van der Waals surface area contributed by atoms with Crippen LogP contribution in [0.4, 0.5) is 28.7 Å². The quantitative estimate of drug-likeness (QED) is 0.756. The summed E-state index contributed by atoms with van der Waals surface area (Å²) in [4.78, 5) is 15.0. The van der Waals surface area contributed by atoms with Gasteiger partial charge in [0.25, 0.3) is 6.40 Å². The summed E-state index contributed by atoms with van der Waals surface area (Å²) in [6.45, 7) is -0.474. The first-order valence-electron chi connectivity index (χ1n) is 5.98. The second-order valence-corrected chi connectivity index (χ2v) is 4.54. The van der Waals surface area contributed by atoms with Gasteiger partial charge in [0.2, 0.25) is 5.95 Å². The van der Waals surface area contributed by atoms with Gasteiger partial charge in [-0.1, -0.05) is 0 Å². The van der Waals surface area contributed by atoms with Crippen LogP contribution in [0.1, 0.15) is 19.0 Å². The van der Waals surface area contributed by atoms with E-state index in [-0.39, 0.29) is 16.3 Å². The molecule has 2 aromatic rings. The van der Waals surface area contributed by atoms with E-state index in [1.54, 1.807) is 0 Å². The molecule has 0 fully saturated rings. The Balaban J connectivity index is 2.07. The number of hydrogen-bond acceptors (Lipinski definition) is 5. The van der Waals surface area contributed by atoms with E-state index in [0.717, 1.165) is 18.3 Å². The van der Waals surface area contributed by atoms with Crippen LogP contribution >= 0.6 is 11.5 Å². The lowest BCUT2D eigenvalue weighted by Gasteiger charge is -2.09. The highest BCUT2D eigenvalue weighted by Gasteiger charge is 2.14. The van der Waals surface area contributed by atoms with Crippen LogP contribution in [0.15, 0.2) is 18.3 Å². The molecule has 3 N–H and O–H groups in total. The van der Waals surface area contributed by atoms with Gasteiger partial charge in [0.15, 0.2) is 0 Å². The van der Waals surface area contributed by atoms with Gasteiger partial charge in [-0.05, 0) is 11.5 Å². The number of urea groups is 1. The lowest BCUT2D eigenvalue weighted by Crippen LogP contribution is -2.20. The summed E-state index contributed by atoms with van der Waals surface area (Å²) >= 11 is 0.571. The number of rotatable bonds is 4. The van der Waals surface area contributed by atoms with Gasteiger partial charge >= 0.3 is 6.03 Å². The second kappa shape index (κ2) is 6.50. The first kappa shape index (κ1) is 13.8. The van der Waals surface area contributed by atoms with Gasteiger partial charge in [-0.25, -0.2) is 18.6 Å². The third kappa shape index (κ3) is 3.89. The zero-order chi connectivity index (χ0) is 16.3. The molecule has 112 valence electrons. The number of alkyl halides is 2. The Labute approximate surface area is 122 Å². The van der Waals surface area contributed by atoms with Crippen LogP contribution in [-0.2, 0) is 6.61 Å². The molecule has 0 radical (unpaired) electrons. The molecule has 0 atom stereocenters. The Hall–Kier alpha value is -2.20. The van der Waals surface area contributed by atoms with E-state index in [2.05, 4.69) is 20.0 Å². The molecular formula is C11H9F3N4O2S. The molecule has 0 saturated heterocycles. The average Bonchev–Trinajstić information content (AvgIpc) is 2.87. The fourth-order valence-corrected chi connectivity index (χ4v) is 2.01. The predicted octanol–water partition coefficient (Wildman–Crippen LogP) is 2.75. The number of pyridine rings is 1. The maximum atomic E-state index is 13.0. The molecule has 2 heterocycles. The molecule has 2 aromatic heterocycles. The number of nitrogens with zero attached hydrogens (tertiary/aromatic N) is 2. The summed E-state index contributed by atoms with van der Waals surface area (Å²) in [6, 6.07) is 0.919. The number of nitrogens with one attached hydrogen (secondary N) is 2. The Kier molecular flexibility index (Phi) is 4.26. The molecule has 6 nitrogen and oxygen atoms in total. The number of carbonyl (C=O) groups is 1. The molecule has 2 rings (SSSR count). The molecule has 10 heteroatoms. The van der Waals surface area contributed by atoms with Gasteiger partial charge in [-0.2, -0.15) is 8.76 Å². The lowest BCUT2D eigenvalue weighted by molar-refractivity contribution is 0.147. The normalized spacial score (nSPS) is 11.9. The van der Waals surface area contributed by atoms with Crippen LogP contribution in [0.25, 0.3) is 0 Å². The number of aliphatic hydroxyl groups excluding tert-OH is 1. The van der Waals surface area contributed by atoms with E-state index < -0.39 is 30.7 Å². The second-order valence-electron chi connectivity index (χ2n) is 3.74. The molecule has 0 aliphatic rings. The standard InChI is InChI=1S/C11H9F3N4O2S/c12-8-1-6(5(4-19)3-15-8)16-11(20)17-9-2-7(10(13)14)18-21-9/h1-3,10,19H,4H2,(H2,15,16,17,20)/i10D. The van der Waals surface area contributed by atoms with Crippen LogP contribution in [-0.4, -0.2) is 20.5 Å².